The van der Waals surface area contributed by atoms with Crippen molar-refractivity contribution in [1.82, 2.24) is 5.32 Å². The first-order valence-electron chi connectivity index (χ1n) is 5.51. The number of hydrogen-bond donors (Lipinski definition) is 1. The highest BCUT2D eigenvalue weighted by atomic mass is 19.4. The van der Waals surface area contributed by atoms with Crippen molar-refractivity contribution >= 4 is 5.69 Å². The van der Waals surface area contributed by atoms with E-state index in [-0.39, 0.29) is 5.75 Å². The summed E-state index contributed by atoms with van der Waals surface area (Å²) in [5.41, 5.74) is 0.132. The number of alkyl halides is 3. The number of nitro benzene ring substituents is 1. The van der Waals surface area contributed by atoms with Crippen molar-refractivity contribution in [2.45, 2.75) is 19.6 Å². The number of benzene rings is 1. The van der Waals surface area contributed by atoms with Gasteiger partial charge in [-0.25, -0.2) is 0 Å². The highest BCUT2D eigenvalue weighted by Crippen LogP contribution is 2.29. The van der Waals surface area contributed by atoms with Crippen LogP contribution in [0.25, 0.3) is 0 Å². The molecule has 0 saturated carbocycles. The van der Waals surface area contributed by atoms with E-state index in [0.29, 0.717) is 18.7 Å². The summed E-state index contributed by atoms with van der Waals surface area (Å²) in [5, 5.41) is 13.8. The van der Waals surface area contributed by atoms with E-state index in [4.69, 9.17) is 0 Å². The first-order valence-corrected chi connectivity index (χ1v) is 5.51. The second-order valence-electron chi connectivity index (χ2n) is 3.74. The summed E-state index contributed by atoms with van der Waals surface area (Å²) < 4.78 is 40.5. The van der Waals surface area contributed by atoms with E-state index >= 15 is 0 Å². The van der Waals surface area contributed by atoms with Crippen LogP contribution in [0, 0.1) is 10.1 Å². The molecule has 0 unspecified atom stereocenters. The smallest absolute Gasteiger partial charge is 0.422 e. The average molecular weight is 278 g/mol. The highest BCUT2D eigenvalue weighted by Gasteiger charge is 2.30. The molecule has 0 aliphatic heterocycles. The zero-order chi connectivity index (χ0) is 14.5. The molecule has 106 valence electrons. The van der Waals surface area contributed by atoms with E-state index in [1.165, 1.54) is 18.2 Å². The van der Waals surface area contributed by atoms with Crippen LogP contribution in [0.5, 0.6) is 5.75 Å². The maximum absolute atomic E-state index is 12.0. The summed E-state index contributed by atoms with van der Waals surface area (Å²) in [7, 11) is 0. The van der Waals surface area contributed by atoms with E-state index in [1.54, 1.807) is 0 Å². The summed E-state index contributed by atoms with van der Waals surface area (Å²) in [6.45, 7) is 1.40. The van der Waals surface area contributed by atoms with Crippen LogP contribution >= 0.6 is 0 Å². The number of halogens is 3. The molecular weight excluding hydrogens is 265 g/mol. The van der Waals surface area contributed by atoms with Crippen LogP contribution in [0.3, 0.4) is 0 Å². The molecule has 5 nitrogen and oxygen atoms in total. The number of ether oxygens (including phenoxy) is 1. The lowest BCUT2D eigenvalue weighted by Crippen LogP contribution is -2.19. The van der Waals surface area contributed by atoms with E-state index in [9.17, 15) is 23.3 Å². The molecule has 0 fully saturated rings. The van der Waals surface area contributed by atoms with Gasteiger partial charge in [-0.1, -0.05) is 13.0 Å². The molecule has 0 aromatic heterocycles. The molecule has 1 N–H and O–H groups in total. The van der Waals surface area contributed by atoms with Crippen molar-refractivity contribution in [3.63, 3.8) is 0 Å². The van der Waals surface area contributed by atoms with Crippen LogP contribution in [-0.2, 0) is 6.54 Å². The third-order valence-corrected chi connectivity index (χ3v) is 2.19. The van der Waals surface area contributed by atoms with Gasteiger partial charge in [0.2, 0.25) is 0 Å². The molecule has 0 saturated heterocycles. The normalized spacial score (nSPS) is 11.4. The van der Waals surface area contributed by atoms with Crippen molar-refractivity contribution in [3.05, 3.63) is 33.9 Å². The minimum Gasteiger partial charge on any atom is -0.477 e. The average Bonchev–Trinajstić information content (AvgIpc) is 2.33. The Bertz CT molecular complexity index is 449. The minimum absolute atomic E-state index is 0.387. The lowest BCUT2D eigenvalue weighted by atomic mass is 10.2. The van der Waals surface area contributed by atoms with Crippen molar-refractivity contribution in [1.29, 1.82) is 0 Å². The topological polar surface area (TPSA) is 64.4 Å². The van der Waals surface area contributed by atoms with Gasteiger partial charge in [-0.15, -0.1) is 0 Å². The van der Waals surface area contributed by atoms with Crippen LogP contribution in [0.2, 0.25) is 0 Å². The summed E-state index contributed by atoms with van der Waals surface area (Å²) in [6.07, 6.45) is -4.53. The first kappa shape index (κ1) is 15.2. The molecule has 19 heavy (non-hydrogen) atoms. The van der Waals surface area contributed by atoms with Gasteiger partial charge in [0.1, 0.15) is 0 Å². The standard InChI is InChI=1S/C11H13F3N2O3/c1-2-15-6-8-3-4-10(9(5-8)16(17)18)19-7-11(12,13)14/h3-5,15H,2,6-7H2,1H3. The first-order chi connectivity index (χ1) is 8.83. The van der Waals surface area contributed by atoms with Crippen LogP contribution in [-0.4, -0.2) is 24.3 Å². The van der Waals surface area contributed by atoms with Crippen molar-refractivity contribution in [2.75, 3.05) is 13.2 Å². The van der Waals surface area contributed by atoms with Crippen LogP contribution in [0.15, 0.2) is 18.2 Å². The van der Waals surface area contributed by atoms with E-state index < -0.39 is 23.4 Å². The van der Waals surface area contributed by atoms with Gasteiger partial charge in [-0.05, 0) is 18.2 Å². The molecule has 0 atom stereocenters. The van der Waals surface area contributed by atoms with Gasteiger partial charge in [-0.3, -0.25) is 10.1 Å². The van der Waals surface area contributed by atoms with Crippen LogP contribution in [0.1, 0.15) is 12.5 Å². The molecule has 1 aromatic rings. The lowest BCUT2D eigenvalue weighted by Gasteiger charge is -2.10. The second kappa shape index (κ2) is 6.37. The Hall–Kier alpha value is -1.83. The molecule has 8 heteroatoms. The predicted molar refractivity (Wildman–Crippen MR) is 62.0 cm³/mol. The molecule has 0 spiro atoms. The highest BCUT2D eigenvalue weighted by molar-refractivity contribution is 5.48. The molecule has 0 amide bonds. The third kappa shape index (κ3) is 5.12. The Kier molecular flexibility index (Phi) is 5.11. The summed E-state index contributed by atoms with van der Waals surface area (Å²) in [6, 6.07) is 3.87. The number of hydrogen-bond acceptors (Lipinski definition) is 4. The number of rotatable bonds is 6. The van der Waals surface area contributed by atoms with Crippen molar-refractivity contribution in [2.24, 2.45) is 0 Å². The Morgan fingerprint density at radius 1 is 1.42 bits per heavy atom. The van der Waals surface area contributed by atoms with Gasteiger partial charge in [0, 0.05) is 12.6 Å². The monoisotopic (exact) mass is 278 g/mol. The molecule has 1 rings (SSSR count). The fourth-order valence-electron chi connectivity index (χ4n) is 1.37. The second-order valence-corrected chi connectivity index (χ2v) is 3.74. The van der Waals surface area contributed by atoms with Gasteiger partial charge in [-0.2, -0.15) is 13.2 Å². The Morgan fingerprint density at radius 2 is 2.11 bits per heavy atom. The fourth-order valence-corrected chi connectivity index (χ4v) is 1.37. The predicted octanol–water partition coefficient (Wildman–Crippen LogP) is 2.65. The van der Waals surface area contributed by atoms with Crippen LogP contribution in [0.4, 0.5) is 18.9 Å². The van der Waals surface area contributed by atoms with Gasteiger partial charge in [0.05, 0.1) is 4.92 Å². The summed E-state index contributed by atoms with van der Waals surface area (Å²) >= 11 is 0. The Balaban J connectivity index is 2.88. The number of nitrogens with zero attached hydrogens (tertiary/aromatic N) is 1. The van der Waals surface area contributed by atoms with E-state index in [2.05, 4.69) is 10.1 Å². The molecule has 0 aliphatic carbocycles. The number of nitrogens with one attached hydrogen (secondary N) is 1. The quantitative estimate of drug-likeness (QED) is 0.641. The van der Waals surface area contributed by atoms with Gasteiger partial charge < -0.3 is 10.1 Å². The van der Waals surface area contributed by atoms with Gasteiger partial charge >= 0.3 is 11.9 Å². The Labute approximate surface area is 107 Å². The largest absolute Gasteiger partial charge is 0.477 e. The lowest BCUT2D eigenvalue weighted by molar-refractivity contribution is -0.386. The molecular formula is C11H13F3N2O3. The van der Waals surface area contributed by atoms with Gasteiger partial charge in [0.25, 0.3) is 0 Å². The van der Waals surface area contributed by atoms with E-state index in [0.717, 1.165) is 0 Å². The molecule has 1 aromatic carbocycles. The molecule has 0 aliphatic rings. The fraction of sp³-hybridized carbons (Fsp3) is 0.455. The Morgan fingerprint density at radius 3 is 2.63 bits per heavy atom. The third-order valence-electron chi connectivity index (χ3n) is 2.19. The summed E-state index contributed by atoms with van der Waals surface area (Å²) in [5.74, 6) is -0.387. The molecule has 0 bridgehead atoms. The zero-order valence-corrected chi connectivity index (χ0v) is 10.2. The van der Waals surface area contributed by atoms with Crippen molar-refractivity contribution in [3.8, 4) is 5.75 Å². The SMILES string of the molecule is CCNCc1ccc(OCC(F)(F)F)c([N+](=O)[O-])c1. The van der Waals surface area contributed by atoms with Crippen molar-refractivity contribution < 1.29 is 22.8 Å². The molecule has 0 heterocycles. The van der Waals surface area contributed by atoms with E-state index in [1.807, 2.05) is 6.92 Å². The summed E-state index contributed by atoms with van der Waals surface area (Å²) in [4.78, 5) is 10.0. The number of nitro groups is 1. The zero-order valence-electron chi connectivity index (χ0n) is 10.2. The minimum atomic E-state index is -4.53. The maximum Gasteiger partial charge on any atom is 0.422 e. The molecule has 0 radical (unpaired) electrons. The van der Waals surface area contributed by atoms with Crippen LogP contribution < -0.4 is 10.1 Å². The van der Waals surface area contributed by atoms with Gasteiger partial charge in [0.15, 0.2) is 12.4 Å². The maximum atomic E-state index is 12.0.